The van der Waals surface area contributed by atoms with Gasteiger partial charge < -0.3 is 15.2 Å². The van der Waals surface area contributed by atoms with E-state index in [2.05, 4.69) is 22.2 Å². The summed E-state index contributed by atoms with van der Waals surface area (Å²) in [6.07, 6.45) is 1.42. The maximum Gasteiger partial charge on any atom is 0.139 e. The normalized spacial score (nSPS) is 12.8. The molecule has 1 atom stereocenters. The summed E-state index contributed by atoms with van der Waals surface area (Å²) in [5.74, 6) is 0.381. The predicted molar refractivity (Wildman–Crippen MR) is 83.4 cm³/mol. The second kappa shape index (κ2) is 6.39. The standard InChI is InChI=1S/C15H21N3O2S/c1-5-10-7-11-13(16-9(4)17-14(11)21-10)18-12(15(19)20)6-8(2)3/h7-8,12H,5-6H2,1-4H3,(H,19,20)(H,16,17,18)/p-1/t12-/m0/s1. The number of carboxylic acids is 1. The van der Waals surface area contributed by atoms with Crippen molar-refractivity contribution in [2.75, 3.05) is 5.32 Å². The Morgan fingerprint density at radius 1 is 1.43 bits per heavy atom. The number of carboxylic acid groups (broad SMARTS) is 1. The van der Waals surface area contributed by atoms with Crippen LogP contribution in [-0.4, -0.2) is 22.0 Å². The smallest absolute Gasteiger partial charge is 0.139 e. The molecule has 114 valence electrons. The van der Waals surface area contributed by atoms with E-state index in [1.807, 2.05) is 26.8 Å². The topological polar surface area (TPSA) is 77.9 Å². The van der Waals surface area contributed by atoms with E-state index in [1.165, 1.54) is 4.88 Å². The first-order valence-corrected chi connectivity index (χ1v) is 7.96. The number of carbonyl (C=O) groups excluding carboxylic acids is 1. The zero-order valence-corrected chi connectivity index (χ0v) is 13.6. The number of aromatic nitrogens is 2. The first-order chi connectivity index (χ1) is 9.90. The number of anilines is 1. The number of nitrogens with zero attached hydrogens (tertiary/aromatic N) is 2. The third-order valence-electron chi connectivity index (χ3n) is 3.21. The average molecular weight is 306 g/mol. The number of aryl methyl sites for hydroxylation is 2. The second-order valence-corrected chi connectivity index (χ2v) is 6.67. The van der Waals surface area contributed by atoms with Gasteiger partial charge in [0.15, 0.2) is 0 Å². The zero-order chi connectivity index (χ0) is 15.6. The van der Waals surface area contributed by atoms with E-state index in [4.69, 9.17) is 0 Å². The summed E-state index contributed by atoms with van der Waals surface area (Å²) in [5, 5.41) is 15.2. The van der Waals surface area contributed by atoms with Gasteiger partial charge in [-0.2, -0.15) is 0 Å². The summed E-state index contributed by atoms with van der Waals surface area (Å²) < 4.78 is 0. The van der Waals surface area contributed by atoms with Crippen molar-refractivity contribution in [2.24, 2.45) is 5.92 Å². The zero-order valence-electron chi connectivity index (χ0n) is 12.8. The maximum absolute atomic E-state index is 11.3. The van der Waals surface area contributed by atoms with Crippen molar-refractivity contribution in [3.63, 3.8) is 0 Å². The summed E-state index contributed by atoms with van der Waals surface area (Å²) in [5.41, 5.74) is 0. The van der Waals surface area contributed by atoms with Crippen LogP contribution in [0.3, 0.4) is 0 Å². The van der Waals surface area contributed by atoms with Crippen molar-refractivity contribution in [1.29, 1.82) is 0 Å². The Hall–Kier alpha value is -1.69. The summed E-state index contributed by atoms with van der Waals surface area (Å²) in [4.78, 5) is 22.2. The van der Waals surface area contributed by atoms with Crippen molar-refractivity contribution in [2.45, 2.75) is 46.6 Å². The Morgan fingerprint density at radius 2 is 2.14 bits per heavy atom. The van der Waals surface area contributed by atoms with Crippen molar-refractivity contribution in [1.82, 2.24) is 9.97 Å². The fourth-order valence-corrected chi connectivity index (χ4v) is 3.23. The van der Waals surface area contributed by atoms with Gasteiger partial charge in [0, 0.05) is 4.88 Å². The Bertz CT molecular complexity index is 652. The molecule has 2 rings (SSSR count). The molecule has 0 aromatic carbocycles. The molecule has 2 heterocycles. The van der Waals surface area contributed by atoms with Gasteiger partial charge in [-0.3, -0.25) is 0 Å². The summed E-state index contributed by atoms with van der Waals surface area (Å²) in [6.45, 7) is 7.86. The van der Waals surface area contributed by atoms with Gasteiger partial charge in [-0.25, -0.2) is 9.97 Å². The minimum Gasteiger partial charge on any atom is -0.548 e. The Balaban J connectivity index is 2.39. The first-order valence-electron chi connectivity index (χ1n) is 7.15. The van der Waals surface area contributed by atoms with E-state index < -0.39 is 12.0 Å². The van der Waals surface area contributed by atoms with Crippen LogP contribution in [0.25, 0.3) is 10.2 Å². The van der Waals surface area contributed by atoms with Crippen molar-refractivity contribution < 1.29 is 9.90 Å². The molecule has 0 aliphatic carbocycles. The van der Waals surface area contributed by atoms with E-state index in [0.717, 1.165) is 16.6 Å². The number of hydrogen-bond acceptors (Lipinski definition) is 6. The summed E-state index contributed by atoms with van der Waals surface area (Å²) >= 11 is 1.62. The number of rotatable bonds is 6. The Kier molecular flexibility index (Phi) is 4.77. The van der Waals surface area contributed by atoms with Crippen LogP contribution in [0.5, 0.6) is 0 Å². The van der Waals surface area contributed by atoms with E-state index in [0.29, 0.717) is 18.1 Å². The molecule has 0 saturated heterocycles. The molecule has 6 heteroatoms. The molecule has 0 spiro atoms. The third kappa shape index (κ3) is 3.69. The number of hydrogen-bond donors (Lipinski definition) is 1. The number of carbonyl (C=O) groups is 1. The van der Waals surface area contributed by atoms with Crippen LogP contribution in [0.4, 0.5) is 5.82 Å². The Morgan fingerprint density at radius 3 is 2.71 bits per heavy atom. The lowest BCUT2D eigenvalue weighted by molar-refractivity contribution is -0.307. The lowest BCUT2D eigenvalue weighted by Crippen LogP contribution is -2.42. The van der Waals surface area contributed by atoms with Crippen LogP contribution in [0.2, 0.25) is 0 Å². The van der Waals surface area contributed by atoms with Gasteiger partial charge in [-0.15, -0.1) is 11.3 Å². The molecule has 0 saturated carbocycles. The number of fused-ring (bicyclic) bond motifs is 1. The highest BCUT2D eigenvalue weighted by Gasteiger charge is 2.16. The van der Waals surface area contributed by atoms with Gasteiger partial charge >= 0.3 is 0 Å². The lowest BCUT2D eigenvalue weighted by Gasteiger charge is -2.22. The molecule has 2 aromatic heterocycles. The number of nitrogens with one attached hydrogen (secondary N) is 1. The quantitative estimate of drug-likeness (QED) is 0.884. The molecule has 0 fully saturated rings. The van der Waals surface area contributed by atoms with E-state index in [1.54, 1.807) is 11.3 Å². The van der Waals surface area contributed by atoms with Crippen molar-refractivity contribution in [3.05, 3.63) is 16.8 Å². The predicted octanol–water partition coefficient (Wildman–Crippen LogP) is 2.14. The molecule has 1 N–H and O–H groups in total. The molecule has 0 unspecified atom stereocenters. The SMILES string of the molecule is CCc1cc2c(N[C@@H](CC(C)C)C(=O)[O-])nc(C)nc2s1. The fraction of sp³-hybridized carbons (Fsp3) is 0.533. The molecule has 0 aliphatic heterocycles. The molecule has 0 amide bonds. The molecule has 21 heavy (non-hydrogen) atoms. The van der Waals surface area contributed by atoms with Crippen LogP contribution in [0, 0.1) is 12.8 Å². The summed E-state index contributed by atoms with van der Waals surface area (Å²) in [6, 6.07) is 1.29. The van der Waals surface area contributed by atoms with Crippen LogP contribution in [0.1, 0.15) is 37.9 Å². The van der Waals surface area contributed by atoms with Gasteiger partial charge in [-0.1, -0.05) is 20.8 Å². The van der Waals surface area contributed by atoms with Gasteiger partial charge in [0.25, 0.3) is 0 Å². The number of aliphatic carboxylic acids is 1. The van der Waals surface area contributed by atoms with Crippen LogP contribution >= 0.6 is 11.3 Å². The lowest BCUT2D eigenvalue weighted by atomic mass is 10.0. The van der Waals surface area contributed by atoms with Gasteiger partial charge in [0.1, 0.15) is 16.5 Å². The van der Waals surface area contributed by atoms with Crippen molar-refractivity contribution in [3.8, 4) is 0 Å². The molecule has 2 aromatic rings. The van der Waals surface area contributed by atoms with E-state index in [9.17, 15) is 9.90 Å². The highest BCUT2D eigenvalue weighted by Crippen LogP contribution is 2.30. The van der Waals surface area contributed by atoms with Crippen LogP contribution < -0.4 is 10.4 Å². The minimum absolute atomic E-state index is 0.257. The number of thiophene rings is 1. The third-order valence-corrected chi connectivity index (χ3v) is 4.38. The van der Waals surface area contributed by atoms with Gasteiger partial charge in [0.05, 0.1) is 17.4 Å². The summed E-state index contributed by atoms with van der Waals surface area (Å²) in [7, 11) is 0. The van der Waals surface area contributed by atoms with Crippen LogP contribution in [0.15, 0.2) is 6.07 Å². The average Bonchev–Trinajstić information content (AvgIpc) is 2.80. The maximum atomic E-state index is 11.3. The van der Waals surface area contributed by atoms with Crippen LogP contribution in [-0.2, 0) is 11.2 Å². The highest BCUT2D eigenvalue weighted by molar-refractivity contribution is 7.18. The molecule has 5 nitrogen and oxygen atoms in total. The molecular formula is C15H20N3O2S-. The van der Waals surface area contributed by atoms with Gasteiger partial charge in [-0.05, 0) is 31.7 Å². The first kappa shape index (κ1) is 15.7. The largest absolute Gasteiger partial charge is 0.548 e. The van der Waals surface area contributed by atoms with E-state index >= 15 is 0 Å². The molecular weight excluding hydrogens is 286 g/mol. The Labute approximate surface area is 128 Å². The minimum atomic E-state index is -1.10. The molecule has 0 radical (unpaired) electrons. The monoisotopic (exact) mass is 306 g/mol. The second-order valence-electron chi connectivity index (χ2n) is 5.55. The van der Waals surface area contributed by atoms with E-state index in [-0.39, 0.29) is 5.92 Å². The fourth-order valence-electron chi connectivity index (χ4n) is 2.21. The molecule has 0 bridgehead atoms. The van der Waals surface area contributed by atoms with Gasteiger partial charge in [0.2, 0.25) is 0 Å². The highest BCUT2D eigenvalue weighted by atomic mass is 32.1. The van der Waals surface area contributed by atoms with Crippen molar-refractivity contribution >= 4 is 33.3 Å². The molecule has 0 aliphatic rings.